The third kappa shape index (κ3) is 4.13. The van der Waals surface area contributed by atoms with E-state index in [9.17, 15) is 4.79 Å². The number of nitrogens with one attached hydrogen (secondary N) is 1. The molecule has 1 heterocycles. The molecule has 0 aromatic heterocycles. The molecule has 2 rings (SSSR count). The van der Waals surface area contributed by atoms with Crippen LogP contribution in [0.3, 0.4) is 0 Å². The van der Waals surface area contributed by atoms with E-state index in [0.29, 0.717) is 30.6 Å². The van der Waals surface area contributed by atoms with Crippen molar-refractivity contribution < 1.29 is 14.3 Å². The number of ether oxygens (including phenoxy) is 2. The van der Waals surface area contributed by atoms with Crippen LogP contribution in [0.2, 0.25) is 0 Å². The number of likely N-dealkylation sites (N-methyl/N-ethyl adjacent to an activating group) is 1. The molecule has 0 aliphatic carbocycles. The molecule has 1 amide bonds. The molecule has 1 aliphatic heterocycles. The van der Waals surface area contributed by atoms with E-state index in [2.05, 4.69) is 5.32 Å². The van der Waals surface area contributed by atoms with Crippen LogP contribution in [0.4, 0.5) is 0 Å². The van der Waals surface area contributed by atoms with Crippen LogP contribution in [0.15, 0.2) is 18.2 Å². The summed E-state index contributed by atoms with van der Waals surface area (Å²) in [4.78, 5) is 14.3. The summed E-state index contributed by atoms with van der Waals surface area (Å²) < 4.78 is 11.0. The number of benzene rings is 1. The van der Waals surface area contributed by atoms with Crippen LogP contribution in [0.25, 0.3) is 0 Å². The highest BCUT2D eigenvalue weighted by Crippen LogP contribution is 2.28. The number of carbonyl (C=O) groups excluding carboxylic acids is 1. The largest absolute Gasteiger partial charge is 0.493 e. The van der Waals surface area contributed by atoms with Gasteiger partial charge in [0, 0.05) is 19.1 Å². The summed E-state index contributed by atoms with van der Waals surface area (Å²) in [5.74, 6) is 1.57. The number of aryl methyl sites for hydroxylation is 1. The summed E-state index contributed by atoms with van der Waals surface area (Å²) in [6.07, 6.45) is 2.57. The summed E-state index contributed by atoms with van der Waals surface area (Å²) in [6.45, 7) is 4.10. The number of amides is 1. The highest BCUT2D eigenvalue weighted by molar-refractivity contribution is 5.77. The van der Waals surface area contributed by atoms with Gasteiger partial charge in [-0.05, 0) is 44.5 Å². The van der Waals surface area contributed by atoms with Crippen LogP contribution in [0.5, 0.6) is 11.5 Å². The lowest BCUT2D eigenvalue weighted by atomic mass is 10.2. The van der Waals surface area contributed by atoms with Crippen molar-refractivity contribution >= 4 is 5.91 Å². The van der Waals surface area contributed by atoms with Crippen LogP contribution in [-0.4, -0.2) is 50.7 Å². The van der Waals surface area contributed by atoms with Crippen molar-refractivity contribution in [3.8, 4) is 11.5 Å². The Morgan fingerprint density at radius 2 is 2.23 bits per heavy atom. The lowest BCUT2D eigenvalue weighted by Crippen LogP contribution is -2.41. The monoisotopic (exact) mass is 306 g/mol. The molecule has 0 saturated carbocycles. The van der Waals surface area contributed by atoms with Gasteiger partial charge in [-0.3, -0.25) is 4.79 Å². The molecule has 1 aromatic rings. The highest BCUT2D eigenvalue weighted by Gasteiger charge is 2.27. The number of hydrogen-bond acceptors (Lipinski definition) is 4. The second kappa shape index (κ2) is 8.03. The van der Waals surface area contributed by atoms with Gasteiger partial charge >= 0.3 is 0 Å². The second-order valence-corrected chi connectivity index (χ2v) is 5.69. The molecule has 1 unspecified atom stereocenters. The summed E-state index contributed by atoms with van der Waals surface area (Å²) in [6, 6.07) is 6.12. The Kier molecular flexibility index (Phi) is 6.07. The summed E-state index contributed by atoms with van der Waals surface area (Å²) in [5, 5.41) is 3.16. The molecule has 1 fully saturated rings. The zero-order valence-electron chi connectivity index (χ0n) is 13.7. The molecule has 1 aliphatic rings. The van der Waals surface area contributed by atoms with Gasteiger partial charge in [0.05, 0.1) is 20.1 Å². The minimum Gasteiger partial charge on any atom is -0.493 e. The molecule has 22 heavy (non-hydrogen) atoms. The number of rotatable bonds is 7. The third-order valence-electron chi connectivity index (χ3n) is 4.03. The molecular formula is C17H26N2O3. The quantitative estimate of drug-likeness (QED) is 0.837. The van der Waals surface area contributed by atoms with Crippen molar-refractivity contribution in [2.45, 2.75) is 32.2 Å². The minimum atomic E-state index is 0.170. The maximum absolute atomic E-state index is 12.3. The van der Waals surface area contributed by atoms with Crippen molar-refractivity contribution in [3.63, 3.8) is 0 Å². The van der Waals surface area contributed by atoms with E-state index < -0.39 is 0 Å². The zero-order valence-corrected chi connectivity index (χ0v) is 13.7. The number of likely N-dealkylation sites (tertiary alicyclic amines) is 1. The highest BCUT2D eigenvalue weighted by atomic mass is 16.5. The van der Waals surface area contributed by atoms with Crippen LogP contribution >= 0.6 is 0 Å². The van der Waals surface area contributed by atoms with Gasteiger partial charge in [-0.25, -0.2) is 0 Å². The first-order chi connectivity index (χ1) is 10.7. The zero-order chi connectivity index (χ0) is 15.9. The third-order valence-corrected chi connectivity index (χ3v) is 4.03. The van der Waals surface area contributed by atoms with Gasteiger partial charge < -0.3 is 19.7 Å². The van der Waals surface area contributed by atoms with Crippen molar-refractivity contribution in [2.24, 2.45) is 0 Å². The summed E-state index contributed by atoms with van der Waals surface area (Å²) >= 11 is 0. The number of nitrogens with zero attached hydrogens (tertiary/aromatic N) is 1. The van der Waals surface area contributed by atoms with E-state index in [0.717, 1.165) is 31.5 Å². The standard InChI is InChI=1S/C17H26N2O3/c1-13-6-7-15(16(11-13)21-3)22-10-8-17(20)19-9-4-5-14(19)12-18-2/h6-7,11,14,18H,4-5,8-10,12H2,1-3H3. The fraction of sp³-hybridized carbons (Fsp3) is 0.588. The number of methoxy groups -OCH3 is 1. The molecule has 1 atom stereocenters. The van der Waals surface area contributed by atoms with E-state index in [1.807, 2.05) is 37.1 Å². The van der Waals surface area contributed by atoms with E-state index in [-0.39, 0.29) is 5.91 Å². The fourth-order valence-corrected chi connectivity index (χ4v) is 2.90. The first-order valence-electron chi connectivity index (χ1n) is 7.87. The topological polar surface area (TPSA) is 50.8 Å². The van der Waals surface area contributed by atoms with Gasteiger partial charge in [0.1, 0.15) is 0 Å². The molecule has 1 N–H and O–H groups in total. The second-order valence-electron chi connectivity index (χ2n) is 5.69. The summed E-state index contributed by atoms with van der Waals surface area (Å²) in [7, 11) is 3.55. The Hall–Kier alpha value is -1.75. The van der Waals surface area contributed by atoms with Crippen LogP contribution in [-0.2, 0) is 4.79 Å². The predicted octanol–water partition coefficient (Wildman–Crippen LogP) is 1.98. The van der Waals surface area contributed by atoms with Gasteiger partial charge in [0.15, 0.2) is 11.5 Å². The maximum Gasteiger partial charge on any atom is 0.226 e. The minimum absolute atomic E-state index is 0.170. The Labute approximate surface area is 132 Å². The van der Waals surface area contributed by atoms with Gasteiger partial charge in [-0.1, -0.05) is 6.07 Å². The van der Waals surface area contributed by atoms with E-state index >= 15 is 0 Å². The van der Waals surface area contributed by atoms with Crippen LogP contribution in [0.1, 0.15) is 24.8 Å². The van der Waals surface area contributed by atoms with Crippen LogP contribution in [0, 0.1) is 6.92 Å². The van der Waals surface area contributed by atoms with Crippen molar-refractivity contribution in [3.05, 3.63) is 23.8 Å². The van der Waals surface area contributed by atoms with Gasteiger partial charge in [-0.15, -0.1) is 0 Å². The van der Waals surface area contributed by atoms with Crippen LogP contribution < -0.4 is 14.8 Å². The molecule has 1 saturated heterocycles. The Morgan fingerprint density at radius 3 is 2.95 bits per heavy atom. The average molecular weight is 306 g/mol. The van der Waals surface area contributed by atoms with E-state index in [1.165, 1.54) is 0 Å². The fourth-order valence-electron chi connectivity index (χ4n) is 2.90. The van der Waals surface area contributed by atoms with Gasteiger partial charge in [0.25, 0.3) is 0 Å². The normalized spacial score (nSPS) is 17.6. The lowest BCUT2D eigenvalue weighted by molar-refractivity contribution is -0.132. The molecule has 0 radical (unpaired) electrons. The summed E-state index contributed by atoms with van der Waals surface area (Å²) in [5.41, 5.74) is 1.12. The number of hydrogen-bond donors (Lipinski definition) is 1. The lowest BCUT2D eigenvalue weighted by Gasteiger charge is -2.24. The molecule has 122 valence electrons. The van der Waals surface area contributed by atoms with Crippen molar-refractivity contribution in [2.75, 3.05) is 33.9 Å². The maximum atomic E-state index is 12.3. The Bertz CT molecular complexity index is 505. The Balaban J connectivity index is 1.84. The molecule has 0 bridgehead atoms. The molecule has 0 spiro atoms. The van der Waals surface area contributed by atoms with Gasteiger partial charge in [-0.2, -0.15) is 0 Å². The molecule has 5 heteroatoms. The first kappa shape index (κ1) is 16.6. The molecule has 5 nitrogen and oxygen atoms in total. The first-order valence-corrected chi connectivity index (χ1v) is 7.87. The average Bonchev–Trinajstić information content (AvgIpc) is 2.97. The Morgan fingerprint density at radius 1 is 1.41 bits per heavy atom. The van der Waals surface area contributed by atoms with Crippen molar-refractivity contribution in [1.82, 2.24) is 10.2 Å². The molecule has 1 aromatic carbocycles. The van der Waals surface area contributed by atoms with Crippen molar-refractivity contribution in [1.29, 1.82) is 0 Å². The molecular weight excluding hydrogens is 280 g/mol. The smallest absolute Gasteiger partial charge is 0.226 e. The predicted molar refractivity (Wildman–Crippen MR) is 86.5 cm³/mol. The van der Waals surface area contributed by atoms with E-state index in [4.69, 9.17) is 9.47 Å². The van der Waals surface area contributed by atoms with Gasteiger partial charge in [0.2, 0.25) is 5.91 Å². The van der Waals surface area contributed by atoms with E-state index in [1.54, 1.807) is 7.11 Å². The SMILES string of the molecule is CNCC1CCCN1C(=O)CCOc1ccc(C)cc1OC. The number of carbonyl (C=O) groups is 1.